The first-order chi connectivity index (χ1) is 21.9. The lowest BCUT2D eigenvalue weighted by Crippen LogP contribution is -2.59. The van der Waals surface area contributed by atoms with Crippen LogP contribution in [0.15, 0.2) is 84.9 Å². The van der Waals surface area contributed by atoms with Crippen LogP contribution in [0.25, 0.3) is 11.1 Å². The summed E-state index contributed by atoms with van der Waals surface area (Å²) in [5.41, 5.74) is 2.23. The Morgan fingerprint density at radius 2 is 1.51 bits per heavy atom. The zero-order valence-electron chi connectivity index (χ0n) is 25.4. The number of anilines is 1. The molecule has 2 aliphatic heterocycles. The monoisotopic (exact) mass is 613 g/mol. The highest BCUT2D eigenvalue weighted by molar-refractivity contribution is 5.73. The summed E-state index contributed by atoms with van der Waals surface area (Å²) in [6, 6.07) is 25.1. The number of nitrogens with zero attached hydrogens (tertiary/aromatic N) is 3. The third-order valence-electron chi connectivity index (χ3n) is 8.42. The molecule has 0 aliphatic carbocycles. The Balaban J connectivity index is 1.19. The summed E-state index contributed by atoms with van der Waals surface area (Å²) in [5.74, 6) is -1.04. The maximum absolute atomic E-state index is 15.8. The van der Waals surface area contributed by atoms with Gasteiger partial charge in [-0.2, -0.15) is 4.98 Å². The summed E-state index contributed by atoms with van der Waals surface area (Å²) >= 11 is 0. The molecule has 6 rings (SSSR count). The van der Waals surface area contributed by atoms with Crippen LogP contribution in [0.1, 0.15) is 37.3 Å². The molecule has 3 aromatic carbocycles. The molecule has 1 spiro atoms. The van der Waals surface area contributed by atoms with Crippen molar-refractivity contribution in [1.29, 1.82) is 0 Å². The fraction of sp³-hybridized carbons (Fsp3) is 0.333. The van der Waals surface area contributed by atoms with Gasteiger partial charge >= 0.3 is 6.09 Å². The standard InChI is InChI=1S/C36H37F2N3O4/c1-2-3-18-43-35(42)41-24-36(25-41)16-17-40(23-36)28-19-30(37)33(31(38)20-28)29-14-15-32(44-21-26-10-6-4-7-11-26)39-34(29)45-22-27-12-8-5-9-13-27/h4-15,19-20H,2-3,16-18,21-25H2,1H3. The minimum absolute atomic E-state index is 0.0791. The molecule has 0 N–H and O–H groups in total. The lowest BCUT2D eigenvalue weighted by Gasteiger charge is -2.47. The third-order valence-corrected chi connectivity index (χ3v) is 8.42. The summed E-state index contributed by atoms with van der Waals surface area (Å²) in [6.07, 6.45) is 2.35. The summed E-state index contributed by atoms with van der Waals surface area (Å²) in [5, 5.41) is 0. The average Bonchev–Trinajstić information content (AvgIpc) is 3.50. The molecule has 0 atom stereocenters. The van der Waals surface area contributed by atoms with Crippen LogP contribution in [0.5, 0.6) is 11.8 Å². The topological polar surface area (TPSA) is 64.1 Å². The second-order valence-corrected chi connectivity index (χ2v) is 11.8. The van der Waals surface area contributed by atoms with E-state index in [0.717, 1.165) is 30.4 Å². The van der Waals surface area contributed by atoms with Gasteiger partial charge in [0.25, 0.3) is 0 Å². The molecule has 1 amide bonds. The molecule has 7 nitrogen and oxygen atoms in total. The van der Waals surface area contributed by atoms with Gasteiger partial charge in [-0.05, 0) is 42.2 Å². The Morgan fingerprint density at radius 3 is 2.16 bits per heavy atom. The molecule has 9 heteroatoms. The molecule has 0 saturated carbocycles. The van der Waals surface area contributed by atoms with Gasteiger partial charge in [-0.3, -0.25) is 0 Å². The van der Waals surface area contributed by atoms with Crippen LogP contribution in [0.2, 0.25) is 0 Å². The number of hydrogen-bond donors (Lipinski definition) is 0. The van der Waals surface area contributed by atoms with E-state index in [2.05, 4.69) is 4.98 Å². The Bertz CT molecular complexity index is 1590. The number of carbonyl (C=O) groups excluding carboxylic acids is 1. The highest BCUT2D eigenvalue weighted by Gasteiger charge is 2.50. The van der Waals surface area contributed by atoms with Crippen molar-refractivity contribution >= 4 is 11.8 Å². The number of ether oxygens (including phenoxy) is 3. The van der Waals surface area contributed by atoms with E-state index < -0.39 is 11.6 Å². The van der Waals surface area contributed by atoms with Crippen molar-refractivity contribution in [3.05, 3.63) is 108 Å². The Morgan fingerprint density at radius 1 is 0.867 bits per heavy atom. The van der Waals surface area contributed by atoms with Crippen molar-refractivity contribution in [2.24, 2.45) is 5.41 Å². The lowest BCUT2D eigenvalue weighted by molar-refractivity contribution is 0.00848. The maximum Gasteiger partial charge on any atom is 0.409 e. The van der Waals surface area contributed by atoms with E-state index >= 15 is 8.78 Å². The van der Waals surface area contributed by atoms with Gasteiger partial charge in [0.15, 0.2) is 0 Å². The largest absolute Gasteiger partial charge is 0.473 e. The van der Waals surface area contributed by atoms with Gasteiger partial charge in [-0.1, -0.05) is 74.0 Å². The predicted octanol–water partition coefficient (Wildman–Crippen LogP) is 7.63. The molecule has 45 heavy (non-hydrogen) atoms. The second kappa shape index (κ2) is 13.5. The zero-order valence-corrected chi connectivity index (χ0v) is 25.4. The van der Waals surface area contributed by atoms with Crippen molar-refractivity contribution in [3.63, 3.8) is 0 Å². The smallest absolute Gasteiger partial charge is 0.409 e. The van der Waals surface area contributed by atoms with E-state index in [1.807, 2.05) is 72.5 Å². The highest BCUT2D eigenvalue weighted by atomic mass is 19.1. The van der Waals surface area contributed by atoms with Crippen molar-refractivity contribution in [1.82, 2.24) is 9.88 Å². The number of likely N-dealkylation sites (tertiary alicyclic amines) is 1. The van der Waals surface area contributed by atoms with Crippen LogP contribution < -0.4 is 14.4 Å². The molecule has 2 fully saturated rings. The van der Waals surface area contributed by atoms with E-state index in [0.29, 0.717) is 38.5 Å². The number of pyridine rings is 1. The van der Waals surface area contributed by atoms with Crippen molar-refractivity contribution in [2.75, 3.05) is 37.7 Å². The van der Waals surface area contributed by atoms with Crippen LogP contribution in [-0.2, 0) is 18.0 Å². The molecular formula is C36H37F2N3O4. The van der Waals surface area contributed by atoms with Crippen LogP contribution in [0, 0.1) is 17.0 Å². The maximum atomic E-state index is 15.8. The SMILES string of the molecule is CCCCOC(=O)N1CC2(CCN(c3cc(F)c(-c4ccc(OCc5ccccc5)nc4OCc4ccccc4)c(F)c3)C2)C1. The first-order valence-corrected chi connectivity index (χ1v) is 15.4. The fourth-order valence-corrected chi connectivity index (χ4v) is 5.96. The molecule has 1 aromatic heterocycles. The van der Waals surface area contributed by atoms with Crippen LogP contribution in [-0.4, -0.2) is 48.8 Å². The van der Waals surface area contributed by atoms with E-state index in [9.17, 15) is 4.79 Å². The summed E-state index contributed by atoms with van der Waals surface area (Å²) < 4.78 is 48.9. The molecule has 234 valence electrons. The first kappa shape index (κ1) is 30.4. The summed E-state index contributed by atoms with van der Waals surface area (Å²) in [6.45, 7) is 5.37. The fourth-order valence-electron chi connectivity index (χ4n) is 5.96. The lowest BCUT2D eigenvalue weighted by atomic mass is 9.79. The van der Waals surface area contributed by atoms with Gasteiger partial charge in [-0.25, -0.2) is 13.6 Å². The van der Waals surface area contributed by atoms with E-state index in [-0.39, 0.29) is 47.6 Å². The molecular weight excluding hydrogens is 576 g/mol. The number of amides is 1. The molecule has 0 unspecified atom stereocenters. The molecule has 0 radical (unpaired) electrons. The van der Waals surface area contributed by atoms with Gasteiger partial charge in [0, 0.05) is 43.3 Å². The second-order valence-electron chi connectivity index (χ2n) is 11.8. The van der Waals surface area contributed by atoms with Crippen molar-refractivity contribution < 1.29 is 27.8 Å². The Kier molecular flexibility index (Phi) is 9.14. The Hall–Kier alpha value is -4.66. The van der Waals surface area contributed by atoms with Gasteiger partial charge in [0.1, 0.15) is 24.8 Å². The minimum atomic E-state index is -0.704. The van der Waals surface area contributed by atoms with Gasteiger partial charge in [-0.15, -0.1) is 0 Å². The highest BCUT2D eigenvalue weighted by Crippen LogP contribution is 2.43. The molecule has 0 bridgehead atoms. The molecule has 4 aromatic rings. The first-order valence-electron chi connectivity index (χ1n) is 15.4. The van der Waals surface area contributed by atoms with Crippen molar-refractivity contribution in [2.45, 2.75) is 39.4 Å². The number of carbonyl (C=O) groups is 1. The number of benzene rings is 3. The molecule has 2 aliphatic rings. The molecule has 3 heterocycles. The zero-order chi connectivity index (χ0) is 31.2. The van der Waals surface area contributed by atoms with Gasteiger partial charge in [0.2, 0.25) is 11.8 Å². The van der Waals surface area contributed by atoms with Crippen LogP contribution in [0.3, 0.4) is 0 Å². The number of rotatable bonds is 11. The van der Waals surface area contributed by atoms with Crippen molar-refractivity contribution in [3.8, 4) is 22.9 Å². The summed E-state index contributed by atoms with van der Waals surface area (Å²) in [4.78, 5) is 20.5. The van der Waals surface area contributed by atoms with E-state index in [1.54, 1.807) is 17.0 Å². The number of hydrogen-bond acceptors (Lipinski definition) is 6. The van der Waals surface area contributed by atoms with Crippen LogP contribution in [0.4, 0.5) is 19.3 Å². The normalized spacial score (nSPS) is 15.2. The Labute approximate surface area is 262 Å². The van der Waals surface area contributed by atoms with E-state index in [4.69, 9.17) is 14.2 Å². The average molecular weight is 614 g/mol. The number of unbranched alkanes of at least 4 members (excludes halogenated alkanes) is 1. The summed E-state index contributed by atoms with van der Waals surface area (Å²) in [7, 11) is 0. The minimum Gasteiger partial charge on any atom is -0.473 e. The van der Waals surface area contributed by atoms with Crippen LogP contribution >= 0.6 is 0 Å². The molecule has 2 saturated heterocycles. The van der Waals surface area contributed by atoms with Gasteiger partial charge < -0.3 is 24.0 Å². The number of aromatic nitrogens is 1. The number of halogens is 2. The van der Waals surface area contributed by atoms with Gasteiger partial charge in [0.05, 0.1) is 17.7 Å². The van der Waals surface area contributed by atoms with E-state index in [1.165, 1.54) is 12.1 Å². The third kappa shape index (κ3) is 7.03. The predicted molar refractivity (Wildman–Crippen MR) is 168 cm³/mol. The quantitative estimate of drug-likeness (QED) is 0.162.